The molecule has 0 unspecified atom stereocenters. The largest absolute Gasteiger partial charge is 0.491 e. The minimum absolute atomic E-state index is 0.0160. The Labute approximate surface area is 228 Å². The van der Waals surface area contributed by atoms with E-state index < -0.39 is 0 Å². The van der Waals surface area contributed by atoms with Crippen LogP contribution >= 0.6 is 11.3 Å². The number of nitrogens with zero attached hydrogens (tertiary/aromatic N) is 2. The number of hydrogen-bond donors (Lipinski definition) is 1. The fourth-order valence-corrected chi connectivity index (χ4v) is 6.04. The molecule has 200 valence electrons. The zero-order valence-electron chi connectivity index (χ0n) is 22.0. The van der Waals surface area contributed by atoms with Gasteiger partial charge in [-0.3, -0.25) is 4.79 Å². The lowest BCUT2D eigenvalue weighted by molar-refractivity contribution is -0.135. The van der Waals surface area contributed by atoms with Crippen LogP contribution in [0, 0.1) is 13.8 Å². The molecule has 5 rings (SSSR count). The van der Waals surface area contributed by atoms with Crippen molar-refractivity contribution in [3.63, 3.8) is 0 Å². The van der Waals surface area contributed by atoms with Crippen molar-refractivity contribution in [2.75, 3.05) is 38.2 Å². The third-order valence-corrected chi connectivity index (χ3v) is 8.27. The van der Waals surface area contributed by atoms with Crippen LogP contribution in [0.5, 0.6) is 5.75 Å². The minimum Gasteiger partial charge on any atom is -0.491 e. The van der Waals surface area contributed by atoms with E-state index in [9.17, 15) is 9.59 Å². The molecular formula is C30H35N3O4S. The van der Waals surface area contributed by atoms with Crippen LogP contribution in [-0.2, 0) is 16.0 Å². The van der Waals surface area contributed by atoms with Crippen molar-refractivity contribution in [1.29, 1.82) is 0 Å². The molecule has 0 spiro atoms. The number of urea groups is 1. The molecule has 0 radical (unpaired) electrons. The summed E-state index contributed by atoms with van der Waals surface area (Å²) in [6.07, 6.45) is 2.60. The average Bonchev–Trinajstić information content (AvgIpc) is 3.61. The van der Waals surface area contributed by atoms with Crippen molar-refractivity contribution in [2.45, 2.75) is 45.3 Å². The van der Waals surface area contributed by atoms with Gasteiger partial charge in [0.05, 0.1) is 12.1 Å². The number of nitrogens with one attached hydrogen (secondary N) is 1. The third-order valence-electron chi connectivity index (χ3n) is 7.27. The number of ether oxygens (including phenoxy) is 2. The van der Waals surface area contributed by atoms with E-state index in [1.165, 1.54) is 4.88 Å². The molecule has 38 heavy (non-hydrogen) atoms. The van der Waals surface area contributed by atoms with E-state index >= 15 is 0 Å². The molecule has 1 saturated heterocycles. The number of hydrogen-bond acceptors (Lipinski definition) is 5. The van der Waals surface area contributed by atoms with E-state index in [0.29, 0.717) is 32.0 Å². The fourth-order valence-electron chi connectivity index (χ4n) is 5.11. The van der Waals surface area contributed by atoms with Gasteiger partial charge in [0, 0.05) is 30.3 Å². The molecule has 1 N–H and O–H groups in total. The van der Waals surface area contributed by atoms with Crippen LogP contribution in [0.2, 0.25) is 0 Å². The molecule has 3 amide bonds. The molecule has 1 aromatic heterocycles. The van der Waals surface area contributed by atoms with Gasteiger partial charge in [0.15, 0.2) is 0 Å². The number of rotatable bonds is 8. The van der Waals surface area contributed by atoms with Crippen LogP contribution in [0.4, 0.5) is 10.5 Å². The van der Waals surface area contributed by atoms with E-state index in [1.807, 2.05) is 67.3 Å². The minimum atomic E-state index is -0.293. The summed E-state index contributed by atoms with van der Waals surface area (Å²) in [6, 6.07) is 17.2. The van der Waals surface area contributed by atoms with Gasteiger partial charge in [0.1, 0.15) is 18.9 Å². The number of aryl methyl sites for hydroxylation is 2. The number of para-hydroxylation sites is 1. The molecule has 2 aliphatic rings. The lowest BCUT2D eigenvalue weighted by atomic mass is 10.0. The summed E-state index contributed by atoms with van der Waals surface area (Å²) >= 11 is 1.73. The molecule has 2 aliphatic heterocycles. The van der Waals surface area contributed by atoms with Crippen LogP contribution in [0.15, 0.2) is 60.0 Å². The predicted molar refractivity (Wildman–Crippen MR) is 150 cm³/mol. The van der Waals surface area contributed by atoms with Gasteiger partial charge in [0.25, 0.3) is 0 Å². The Kier molecular flexibility index (Phi) is 8.29. The number of thiophene rings is 1. The van der Waals surface area contributed by atoms with Crippen molar-refractivity contribution >= 4 is 29.0 Å². The molecule has 8 heteroatoms. The van der Waals surface area contributed by atoms with Gasteiger partial charge >= 0.3 is 6.03 Å². The molecule has 0 bridgehead atoms. The standard InChI is InChI=1S/C30H35N3O4S/c1-21-9-11-23(12-10-21)31-30(35)32(18-24-7-5-16-36-24)19-29(34)33-15-13-28-25(14-17-38-28)26(33)20-37-27-8-4-3-6-22(27)2/h3-4,6,8-12,14,17,24,26H,5,7,13,15-16,18-20H2,1-2H3,(H,31,35)/t24-,26-/m0/s1. The number of fused-ring (bicyclic) bond motifs is 1. The number of anilines is 1. The molecule has 3 aromatic rings. The van der Waals surface area contributed by atoms with Gasteiger partial charge in [-0.1, -0.05) is 35.9 Å². The van der Waals surface area contributed by atoms with Gasteiger partial charge in [-0.05, 0) is 73.9 Å². The molecule has 7 nitrogen and oxygen atoms in total. The third kappa shape index (κ3) is 6.19. The fraction of sp³-hybridized carbons (Fsp3) is 0.400. The summed E-state index contributed by atoms with van der Waals surface area (Å²) < 4.78 is 12.0. The first-order valence-electron chi connectivity index (χ1n) is 13.3. The summed E-state index contributed by atoms with van der Waals surface area (Å²) in [5.74, 6) is 0.733. The van der Waals surface area contributed by atoms with Gasteiger partial charge in [-0.15, -0.1) is 11.3 Å². The molecule has 1 fully saturated rings. The quantitative estimate of drug-likeness (QED) is 0.410. The van der Waals surface area contributed by atoms with Crippen molar-refractivity contribution in [2.24, 2.45) is 0 Å². The number of carbonyl (C=O) groups is 2. The highest BCUT2D eigenvalue weighted by molar-refractivity contribution is 7.10. The maximum atomic E-state index is 13.8. The molecule has 0 saturated carbocycles. The predicted octanol–water partition coefficient (Wildman–Crippen LogP) is 5.58. The topological polar surface area (TPSA) is 71.1 Å². The Hall–Kier alpha value is -3.36. The molecule has 0 aliphatic carbocycles. The Balaban J connectivity index is 1.32. The maximum absolute atomic E-state index is 13.8. The number of carbonyl (C=O) groups excluding carboxylic acids is 2. The molecular weight excluding hydrogens is 498 g/mol. The van der Waals surface area contributed by atoms with Crippen LogP contribution in [-0.4, -0.2) is 60.7 Å². The monoisotopic (exact) mass is 533 g/mol. The first-order chi connectivity index (χ1) is 18.5. The first kappa shape index (κ1) is 26.3. The molecule has 2 atom stereocenters. The normalized spacial score (nSPS) is 18.6. The Morgan fingerprint density at radius 1 is 1.13 bits per heavy atom. The second-order valence-corrected chi connectivity index (χ2v) is 11.0. The highest BCUT2D eigenvalue weighted by atomic mass is 32.1. The van der Waals surface area contributed by atoms with Gasteiger partial charge in [0.2, 0.25) is 5.91 Å². The van der Waals surface area contributed by atoms with Crippen molar-refractivity contribution in [3.8, 4) is 5.75 Å². The van der Waals surface area contributed by atoms with E-state index in [0.717, 1.165) is 41.7 Å². The summed E-state index contributed by atoms with van der Waals surface area (Å²) in [6.45, 7) is 6.04. The summed E-state index contributed by atoms with van der Waals surface area (Å²) in [5.41, 5.74) is 4.02. The first-order valence-corrected chi connectivity index (χ1v) is 14.1. The Morgan fingerprint density at radius 3 is 2.71 bits per heavy atom. The zero-order chi connectivity index (χ0) is 26.5. The van der Waals surface area contributed by atoms with Crippen LogP contribution in [0.25, 0.3) is 0 Å². The van der Waals surface area contributed by atoms with Crippen molar-refractivity contribution in [3.05, 3.63) is 81.5 Å². The molecule has 2 aromatic carbocycles. The lowest BCUT2D eigenvalue weighted by Gasteiger charge is -2.37. The lowest BCUT2D eigenvalue weighted by Crippen LogP contribution is -2.50. The van der Waals surface area contributed by atoms with Crippen molar-refractivity contribution in [1.82, 2.24) is 9.80 Å². The summed E-state index contributed by atoms with van der Waals surface area (Å²) in [7, 11) is 0. The summed E-state index contributed by atoms with van der Waals surface area (Å²) in [4.78, 5) is 31.9. The second kappa shape index (κ2) is 12.0. The van der Waals surface area contributed by atoms with Crippen LogP contribution < -0.4 is 10.1 Å². The Bertz CT molecular complexity index is 1250. The van der Waals surface area contributed by atoms with E-state index in [-0.39, 0.29) is 30.6 Å². The number of benzene rings is 2. The van der Waals surface area contributed by atoms with Gasteiger partial charge in [-0.2, -0.15) is 0 Å². The number of amides is 3. The smallest absolute Gasteiger partial charge is 0.322 e. The van der Waals surface area contributed by atoms with E-state index in [1.54, 1.807) is 16.2 Å². The maximum Gasteiger partial charge on any atom is 0.322 e. The SMILES string of the molecule is Cc1ccc(NC(=O)N(CC(=O)N2CCc3sccc3[C@@H]2COc2ccccc2C)C[C@@H]2CCCO2)cc1. The second-order valence-electron chi connectivity index (χ2n) is 10.0. The highest BCUT2D eigenvalue weighted by Gasteiger charge is 2.34. The Morgan fingerprint density at radius 2 is 1.95 bits per heavy atom. The van der Waals surface area contributed by atoms with Crippen LogP contribution in [0.1, 0.15) is 40.5 Å². The van der Waals surface area contributed by atoms with Gasteiger partial charge < -0.3 is 24.6 Å². The highest BCUT2D eigenvalue weighted by Crippen LogP contribution is 2.34. The summed E-state index contributed by atoms with van der Waals surface area (Å²) in [5, 5.41) is 5.05. The average molecular weight is 534 g/mol. The molecule has 3 heterocycles. The van der Waals surface area contributed by atoms with Crippen molar-refractivity contribution < 1.29 is 19.1 Å². The zero-order valence-corrected chi connectivity index (χ0v) is 22.8. The van der Waals surface area contributed by atoms with Gasteiger partial charge in [-0.25, -0.2) is 4.79 Å². The van der Waals surface area contributed by atoms with E-state index in [4.69, 9.17) is 9.47 Å². The van der Waals surface area contributed by atoms with E-state index in [2.05, 4.69) is 16.8 Å². The van der Waals surface area contributed by atoms with Crippen LogP contribution in [0.3, 0.4) is 0 Å².